The van der Waals surface area contributed by atoms with Gasteiger partial charge in [-0.15, -0.1) is 0 Å². The second kappa shape index (κ2) is 9.58. The molecule has 0 aliphatic rings. The second-order valence-corrected chi connectivity index (χ2v) is 8.00. The topological polar surface area (TPSA) is 64.4 Å². The van der Waals surface area contributed by atoms with Crippen molar-refractivity contribution in [2.45, 2.75) is 24.6 Å². The van der Waals surface area contributed by atoms with Crippen LogP contribution in [0.4, 0.5) is 36.4 Å². The van der Waals surface area contributed by atoms with Gasteiger partial charge in [0.15, 0.2) is 0 Å². The normalized spacial score (nSPS) is 13.8. The fourth-order valence-corrected chi connectivity index (χ4v) is 3.77. The van der Waals surface area contributed by atoms with Crippen LogP contribution in [-0.2, 0) is 12.2 Å². The molecular weight excluding hydrogens is 554 g/mol. The lowest BCUT2D eigenvalue weighted by Gasteiger charge is -2.30. The highest BCUT2D eigenvalue weighted by atomic mass is 79.9. The van der Waals surface area contributed by atoms with Gasteiger partial charge < -0.3 is 11.5 Å². The Morgan fingerprint density at radius 3 is 2.03 bits per heavy atom. The van der Waals surface area contributed by atoms with Gasteiger partial charge >= 0.3 is 18.0 Å². The fraction of sp³-hybridized carbons (Fsp3) is 0.211. The van der Waals surface area contributed by atoms with Crippen molar-refractivity contribution in [3.8, 4) is 0 Å². The van der Waals surface area contributed by atoms with Gasteiger partial charge in [-0.3, -0.25) is 4.99 Å². The number of halogens is 10. The Hall–Kier alpha value is -1.82. The maximum atomic E-state index is 14.3. The summed E-state index contributed by atoms with van der Waals surface area (Å²) < 4.78 is 91.9. The van der Waals surface area contributed by atoms with Crippen LogP contribution in [0.5, 0.6) is 0 Å². The summed E-state index contributed by atoms with van der Waals surface area (Å²) in [5, 5.41) is -0.244. The lowest BCUT2D eigenvalue weighted by molar-refractivity contribution is -0.348. The van der Waals surface area contributed by atoms with Crippen molar-refractivity contribution < 1.29 is 30.7 Å². The van der Waals surface area contributed by atoms with Gasteiger partial charge in [-0.2, -0.15) is 26.3 Å². The van der Waals surface area contributed by atoms with Gasteiger partial charge in [0.1, 0.15) is 0 Å². The van der Waals surface area contributed by atoms with Crippen molar-refractivity contribution in [2.75, 3.05) is 0 Å². The van der Waals surface area contributed by atoms with Crippen LogP contribution in [0.3, 0.4) is 0 Å². The summed E-state index contributed by atoms with van der Waals surface area (Å²) in [6.45, 7) is 0.129. The van der Waals surface area contributed by atoms with Crippen molar-refractivity contribution in [1.82, 2.24) is 0 Å². The van der Waals surface area contributed by atoms with Crippen LogP contribution in [0.1, 0.15) is 16.7 Å². The molecule has 0 saturated carbocycles. The van der Waals surface area contributed by atoms with Crippen LogP contribution in [-0.4, -0.2) is 18.6 Å². The van der Waals surface area contributed by atoms with Gasteiger partial charge in [-0.25, -0.2) is 4.39 Å². The first-order chi connectivity index (χ1) is 14.7. The summed E-state index contributed by atoms with van der Waals surface area (Å²) in [7, 11) is 0. The van der Waals surface area contributed by atoms with Crippen LogP contribution in [0.15, 0.2) is 46.0 Å². The standard InChI is InChI=1S/C19H13BrCl2F7N3/c20-13-4-12(17(23,18(24,25)26)19(27,28)29)5-15(22)16(13)32-8-11(7-31)9-1-2-14(21)10(3-9)6-30/h1-5,7-8H,6,30-31H2. The number of nitrogens with two attached hydrogens (primary N) is 2. The summed E-state index contributed by atoms with van der Waals surface area (Å²) in [6, 6.07) is 5.32. The molecule has 0 aliphatic heterocycles. The lowest BCUT2D eigenvalue weighted by atomic mass is 9.94. The summed E-state index contributed by atoms with van der Waals surface area (Å²) in [5.41, 5.74) is 5.01. The molecule has 2 aromatic rings. The average Bonchev–Trinajstić information content (AvgIpc) is 2.68. The first kappa shape index (κ1) is 26.4. The summed E-state index contributed by atoms with van der Waals surface area (Å²) >= 11 is 14.6. The summed E-state index contributed by atoms with van der Waals surface area (Å²) in [4.78, 5) is 3.98. The van der Waals surface area contributed by atoms with Crippen LogP contribution < -0.4 is 11.5 Å². The molecule has 4 N–H and O–H groups in total. The van der Waals surface area contributed by atoms with E-state index in [1.54, 1.807) is 18.2 Å². The molecule has 0 aliphatic carbocycles. The molecule has 2 rings (SSSR count). The van der Waals surface area contributed by atoms with Gasteiger partial charge in [0.25, 0.3) is 0 Å². The number of rotatable bonds is 5. The molecule has 13 heteroatoms. The van der Waals surface area contributed by atoms with Crippen LogP contribution in [0, 0.1) is 0 Å². The zero-order chi connectivity index (χ0) is 24.5. The predicted octanol–water partition coefficient (Wildman–Crippen LogP) is 7.21. The first-order valence-electron chi connectivity index (χ1n) is 8.44. The van der Waals surface area contributed by atoms with Gasteiger partial charge in [0.2, 0.25) is 0 Å². The molecule has 0 atom stereocenters. The molecule has 0 fully saturated rings. The molecule has 32 heavy (non-hydrogen) atoms. The number of aliphatic imine (C=N–C) groups is 1. The number of benzene rings is 2. The quantitative estimate of drug-likeness (QED) is 0.297. The molecule has 0 unspecified atom stereocenters. The maximum absolute atomic E-state index is 14.3. The maximum Gasteiger partial charge on any atom is 0.435 e. The molecule has 0 saturated heterocycles. The molecule has 3 nitrogen and oxygen atoms in total. The van der Waals surface area contributed by atoms with E-state index in [4.69, 9.17) is 34.7 Å². The zero-order valence-corrected chi connectivity index (χ0v) is 18.7. The summed E-state index contributed by atoms with van der Waals surface area (Å²) in [6.07, 6.45) is -10.2. The average molecular weight is 567 g/mol. The minimum atomic E-state index is -6.27. The highest BCUT2D eigenvalue weighted by Crippen LogP contribution is 2.54. The number of allylic oxidation sites excluding steroid dienone is 1. The first-order valence-corrected chi connectivity index (χ1v) is 9.99. The molecule has 0 radical (unpaired) electrons. The van der Waals surface area contributed by atoms with Crippen molar-refractivity contribution in [3.05, 3.63) is 67.7 Å². The van der Waals surface area contributed by atoms with E-state index in [0.717, 1.165) is 6.20 Å². The lowest BCUT2D eigenvalue weighted by Crippen LogP contribution is -2.50. The predicted molar refractivity (Wildman–Crippen MR) is 114 cm³/mol. The minimum absolute atomic E-state index is 0.129. The molecule has 0 heterocycles. The molecule has 0 amide bonds. The third-order valence-electron chi connectivity index (χ3n) is 4.31. The van der Waals surface area contributed by atoms with Crippen molar-refractivity contribution in [3.63, 3.8) is 0 Å². The number of nitrogens with zero attached hydrogens (tertiary/aromatic N) is 1. The largest absolute Gasteiger partial charge is 0.435 e. The second-order valence-electron chi connectivity index (χ2n) is 6.33. The molecule has 174 valence electrons. The van der Waals surface area contributed by atoms with E-state index in [0.29, 0.717) is 27.8 Å². The Morgan fingerprint density at radius 2 is 1.56 bits per heavy atom. The van der Waals surface area contributed by atoms with E-state index in [9.17, 15) is 30.7 Å². The van der Waals surface area contributed by atoms with Crippen molar-refractivity contribution in [1.29, 1.82) is 0 Å². The van der Waals surface area contributed by atoms with Crippen LogP contribution >= 0.6 is 39.1 Å². The van der Waals surface area contributed by atoms with Gasteiger partial charge in [-0.05, 0) is 51.3 Å². The van der Waals surface area contributed by atoms with E-state index in [-0.39, 0.29) is 18.3 Å². The van der Waals surface area contributed by atoms with Gasteiger partial charge in [0.05, 0.1) is 10.7 Å². The van der Waals surface area contributed by atoms with Gasteiger partial charge in [0, 0.05) is 39.6 Å². The van der Waals surface area contributed by atoms with E-state index in [1.807, 2.05) is 0 Å². The Kier molecular flexibility index (Phi) is 7.91. The minimum Gasteiger partial charge on any atom is -0.404 e. The van der Waals surface area contributed by atoms with E-state index in [2.05, 4.69) is 20.9 Å². The Balaban J connectivity index is 2.52. The highest BCUT2D eigenvalue weighted by Gasteiger charge is 2.73. The van der Waals surface area contributed by atoms with E-state index < -0.39 is 33.1 Å². The monoisotopic (exact) mass is 565 g/mol. The zero-order valence-electron chi connectivity index (χ0n) is 15.6. The molecule has 0 bridgehead atoms. The number of hydrogen-bond donors (Lipinski definition) is 2. The molecule has 2 aromatic carbocycles. The van der Waals surface area contributed by atoms with E-state index >= 15 is 0 Å². The highest BCUT2D eigenvalue weighted by molar-refractivity contribution is 9.10. The Morgan fingerprint density at radius 1 is 0.969 bits per heavy atom. The third kappa shape index (κ3) is 5.05. The SMILES string of the molecule is NC=C(C=Nc1c(Cl)cc(C(F)(C(F)(F)F)C(F)(F)F)cc1Br)c1ccc(Cl)c(CN)c1. The number of alkyl halides is 7. The van der Waals surface area contributed by atoms with Gasteiger partial charge in [-0.1, -0.05) is 29.3 Å². The molecule has 0 aromatic heterocycles. The Labute approximate surface area is 196 Å². The number of hydrogen-bond acceptors (Lipinski definition) is 3. The molecule has 0 spiro atoms. The van der Waals surface area contributed by atoms with E-state index in [1.165, 1.54) is 6.21 Å². The van der Waals surface area contributed by atoms with Crippen LogP contribution in [0.25, 0.3) is 5.57 Å². The summed E-state index contributed by atoms with van der Waals surface area (Å²) in [5.74, 6) is 0. The van der Waals surface area contributed by atoms with Crippen LogP contribution in [0.2, 0.25) is 10.0 Å². The third-order valence-corrected chi connectivity index (χ3v) is 5.57. The van der Waals surface area contributed by atoms with Crippen molar-refractivity contribution >= 4 is 56.6 Å². The Bertz CT molecular complexity index is 1030. The van der Waals surface area contributed by atoms with Crippen molar-refractivity contribution in [2.24, 2.45) is 16.5 Å². The molecular formula is C19H13BrCl2F7N3. The fourth-order valence-electron chi connectivity index (χ4n) is 2.63. The smallest absolute Gasteiger partial charge is 0.404 e.